The largest absolute Gasteiger partial charge is 0.397 e. The van der Waals surface area contributed by atoms with Crippen LogP contribution in [-0.4, -0.2) is 23.0 Å². The van der Waals surface area contributed by atoms with Crippen LogP contribution >= 0.6 is 0 Å². The Bertz CT molecular complexity index is 366. The first-order valence-corrected chi connectivity index (χ1v) is 5.31. The van der Waals surface area contributed by atoms with E-state index in [1.165, 1.54) is 6.07 Å². The van der Waals surface area contributed by atoms with E-state index in [-0.39, 0.29) is 11.1 Å². The summed E-state index contributed by atoms with van der Waals surface area (Å²) in [5.74, 6) is -1.37. The van der Waals surface area contributed by atoms with Crippen molar-refractivity contribution in [2.45, 2.75) is 44.7 Å². The summed E-state index contributed by atoms with van der Waals surface area (Å²) >= 11 is 0. The Morgan fingerprint density at radius 1 is 1.35 bits per heavy atom. The molecule has 0 aliphatic rings. The predicted molar refractivity (Wildman–Crippen MR) is 55.7 cm³/mol. The first-order chi connectivity index (χ1) is 7.66. The van der Waals surface area contributed by atoms with Crippen LogP contribution < -0.4 is 0 Å². The van der Waals surface area contributed by atoms with E-state index in [1.54, 1.807) is 0 Å². The van der Waals surface area contributed by atoms with E-state index < -0.39 is 25.1 Å². The molecule has 3 nitrogen and oxygen atoms in total. The second kappa shape index (κ2) is 4.68. The number of aliphatic hydroxyl groups excluding tert-OH is 1. The van der Waals surface area contributed by atoms with Crippen molar-refractivity contribution in [1.29, 1.82) is 0 Å². The monoisotopic (exact) mass is 251 g/mol. The molecule has 17 heavy (non-hydrogen) atoms. The number of hydrogen-bond donors (Lipinski definition) is 1. The van der Waals surface area contributed by atoms with Crippen LogP contribution in [0.3, 0.4) is 0 Å². The molecule has 0 aliphatic carbocycles. The van der Waals surface area contributed by atoms with Crippen molar-refractivity contribution in [2.24, 2.45) is 0 Å². The van der Waals surface area contributed by atoms with Crippen molar-refractivity contribution in [3.8, 4) is 0 Å². The molecule has 0 aliphatic heterocycles. The van der Waals surface area contributed by atoms with Gasteiger partial charge in [0.25, 0.3) is 0 Å². The number of rotatable bonds is 3. The lowest BCUT2D eigenvalue weighted by Crippen LogP contribution is -2.22. The van der Waals surface area contributed by atoms with Gasteiger partial charge in [0.1, 0.15) is 11.7 Å². The highest BCUT2D eigenvalue weighted by atomic mass is 19.4. The summed E-state index contributed by atoms with van der Waals surface area (Å²) in [5.41, 5.74) is -0.558. The summed E-state index contributed by atoms with van der Waals surface area (Å²) in [6.07, 6.45) is -4.83. The van der Waals surface area contributed by atoms with Gasteiger partial charge in [0, 0.05) is 18.1 Å². The highest BCUT2D eigenvalue weighted by molar-refractivity contribution is 5.17. The quantitative estimate of drug-likeness (QED) is 0.898. The molecule has 0 fully saturated rings. The zero-order chi connectivity index (χ0) is 13.3. The van der Waals surface area contributed by atoms with Crippen molar-refractivity contribution >= 4 is 0 Å². The standard InChI is InChI=1S/C11H16F3NO2/c1-10(2,3)9-6-8(15-17-9)7(4-5-16)11(12,13)14/h6-7,16H,4-5H2,1-3H3. The molecular weight excluding hydrogens is 235 g/mol. The summed E-state index contributed by atoms with van der Waals surface area (Å²) in [5, 5.41) is 12.1. The van der Waals surface area contributed by atoms with Gasteiger partial charge in [0.05, 0.1) is 5.69 Å². The van der Waals surface area contributed by atoms with Gasteiger partial charge in [0.15, 0.2) is 0 Å². The fourth-order valence-corrected chi connectivity index (χ4v) is 1.41. The summed E-state index contributed by atoms with van der Waals surface area (Å²) in [4.78, 5) is 0. The molecule has 1 unspecified atom stereocenters. The molecule has 0 radical (unpaired) electrons. The van der Waals surface area contributed by atoms with Crippen LogP contribution in [0.5, 0.6) is 0 Å². The summed E-state index contributed by atoms with van der Waals surface area (Å²) in [7, 11) is 0. The summed E-state index contributed by atoms with van der Waals surface area (Å²) in [6.45, 7) is 4.94. The topological polar surface area (TPSA) is 46.3 Å². The lowest BCUT2D eigenvalue weighted by Gasteiger charge is -2.16. The molecule has 6 heteroatoms. The fraction of sp³-hybridized carbons (Fsp3) is 0.727. The van der Waals surface area contributed by atoms with Gasteiger partial charge in [-0.05, 0) is 6.42 Å². The van der Waals surface area contributed by atoms with Gasteiger partial charge in [-0.2, -0.15) is 13.2 Å². The third-order valence-electron chi connectivity index (χ3n) is 2.44. The first kappa shape index (κ1) is 14.0. The van der Waals surface area contributed by atoms with Crippen LogP contribution in [0.4, 0.5) is 13.2 Å². The number of alkyl halides is 3. The Kier molecular flexibility index (Phi) is 3.86. The van der Waals surface area contributed by atoms with Crippen molar-refractivity contribution in [3.63, 3.8) is 0 Å². The van der Waals surface area contributed by atoms with Gasteiger partial charge in [-0.15, -0.1) is 0 Å². The normalized spacial score (nSPS) is 15.0. The molecule has 1 heterocycles. The Hall–Kier alpha value is -1.04. The molecule has 98 valence electrons. The SMILES string of the molecule is CC(C)(C)c1cc(C(CCO)C(F)(F)F)no1. The second-order valence-corrected chi connectivity index (χ2v) is 4.97. The van der Waals surface area contributed by atoms with E-state index in [2.05, 4.69) is 5.16 Å². The molecular formula is C11H16F3NO2. The number of aliphatic hydroxyl groups is 1. The van der Waals surface area contributed by atoms with Gasteiger partial charge in [0.2, 0.25) is 0 Å². The molecule has 1 aromatic rings. The molecule has 0 saturated heterocycles. The van der Waals surface area contributed by atoms with Crippen LogP contribution in [0.25, 0.3) is 0 Å². The van der Waals surface area contributed by atoms with Gasteiger partial charge in [-0.3, -0.25) is 0 Å². The van der Waals surface area contributed by atoms with Crippen LogP contribution in [0.15, 0.2) is 10.6 Å². The molecule has 0 saturated carbocycles. The first-order valence-electron chi connectivity index (χ1n) is 5.31. The summed E-state index contributed by atoms with van der Waals surface area (Å²) in [6, 6.07) is 1.31. The van der Waals surface area contributed by atoms with E-state index in [0.717, 1.165) is 0 Å². The molecule has 1 aromatic heterocycles. The maximum Gasteiger partial charge on any atom is 0.397 e. The maximum atomic E-state index is 12.7. The highest BCUT2D eigenvalue weighted by Crippen LogP contribution is 2.38. The third kappa shape index (κ3) is 3.46. The number of hydrogen-bond acceptors (Lipinski definition) is 3. The van der Waals surface area contributed by atoms with Gasteiger partial charge in [-0.25, -0.2) is 0 Å². The van der Waals surface area contributed by atoms with Crippen LogP contribution in [0, 0.1) is 0 Å². The lowest BCUT2D eigenvalue weighted by molar-refractivity contribution is -0.154. The minimum atomic E-state index is -4.42. The molecule has 0 spiro atoms. The third-order valence-corrected chi connectivity index (χ3v) is 2.44. The molecule has 0 bridgehead atoms. The second-order valence-electron chi connectivity index (χ2n) is 4.97. The molecule has 1 N–H and O–H groups in total. The Morgan fingerprint density at radius 3 is 2.29 bits per heavy atom. The van der Waals surface area contributed by atoms with E-state index in [1.807, 2.05) is 20.8 Å². The number of aromatic nitrogens is 1. The van der Waals surface area contributed by atoms with Crippen molar-refractivity contribution in [1.82, 2.24) is 5.16 Å². The van der Waals surface area contributed by atoms with Gasteiger partial charge < -0.3 is 9.63 Å². The average Bonchev–Trinajstić information content (AvgIpc) is 2.59. The Morgan fingerprint density at radius 2 is 1.94 bits per heavy atom. The van der Waals surface area contributed by atoms with Gasteiger partial charge >= 0.3 is 6.18 Å². The molecule has 0 amide bonds. The van der Waals surface area contributed by atoms with E-state index in [0.29, 0.717) is 5.76 Å². The molecule has 1 atom stereocenters. The lowest BCUT2D eigenvalue weighted by atomic mass is 9.91. The Balaban J connectivity index is 3.01. The zero-order valence-corrected chi connectivity index (χ0v) is 10.0. The van der Waals surface area contributed by atoms with Crippen molar-refractivity contribution in [3.05, 3.63) is 17.5 Å². The Labute approximate surface area is 97.6 Å². The minimum Gasteiger partial charge on any atom is -0.396 e. The molecule has 1 rings (SSSR count). The van der Waals surface area contributed by atoms with Crippen molar-refractivity contribution in [2.75, 3.05) is 6.61 Å². The number of halogens is 3. The molecule has 0 aromatic carbocycles. The minimum absolute atomic E-state index is 0.170. The smallest absolute Gasteiger partial charge is 0.396 e. The van der Waals surface area contributed by atoms with E-state index >= 15 is 0 Å². The predicted octanol–water partition coefficient (Wildman–Crippen LogP) is 3.00. The maximum absolute atomic E-state index is 12.7. The fourth-order valence-electron chi connectivity index (χ4n) is 1.41. The van der Waals surface area contributed by atoms with Crippen LogP contribution in [0.2, 0.25) is 0 Å². The number of nitrogens with zero attached hydrogens (tertiary/aromatic N) is 1. The highest BCUT2D eigenvalue weighted by Gasteiger charge is 2.42. The van der Waals surface area contributed by atoms with Gasteiger partial charge in [-0.1, -0.05) is 25.9 Å². The van der Waals surface area contributed by atoms with Crippen LogP contribution in [0.1, 0.15) is 44.6 Å². The van der Waals surface area contributed by atoms with E-state index in [9.17, 15) is 13.2 Å². The van der Waals surface area contributed by atoms with E-state index in [4.69, 9.17) is 9.63 Å². The zero-order valence-electron chi connectivity index (χ0n) is 10.0. The van der Waals surface area contributed by atoms with Crippen LogP contribution in [-0.2, 0) is 5.41 Å². The average molecular weight is 251 g/mol. The van der Waals surface area contributed by atoms with Crippen molar-refractivity contribution < 1.29 is 22.8 Å². The summed E-state index contributed by atoms with van der Waals surface area (Å²) < 4.78 is 43.0.